The van der Waals surface area contributed by atoms with Crippen LogP contribution in [0.3, 0.4) is 0 Å². The van der Waals surface area contributed by atoms with Gasteiger partial charge in [0.05, 0.1) is 17.2 Å². The van der Waals surface area contributed by atoms with Gasteiger partial charge in [-0.3, -0.25) is 4.90 Å². The second kappa shape index (κ2) is 10.2. The molecule has 1 aliphatic rings. The Bertz CT molecular complexity index is 1440. The number of rotatable bonds is 4. The maximum absolute atomic E-state index is 13.3. The number of aromatic nitrogens is 4. The van der Waals surface area contributed by atoms with Crippen molar-refractivity contribution in [2.75, 3.05) is 18.0 Å². The monoisotopic (exact) mass is 582 g/mol. The first-order chi connectivity index (χ1) is 18.7. The second-order valence-electron chi connectivity index (χ2n) is 10.0. The maximum atomic E-state index is 13.3. The number of hydrogen-bond donors (Lipinski definition) is 1. The Kier molecular flexibility index (Phi) is 7.20. The molecule has 2 aromatic carbocycles. The van der Waals surface area contributed by atoms with Gasteiger partial charge in [0, 0.05) is 25.2 Å². The van der Waals surface area contributed by atoms with Crippen molar-refractivity contribution in [2.45, 2.75) is 51.2 Å². The lowest BCUT2D eigenvalue weighted by Crippen LogP contribution is -2.57. The quantitative estimate of drug-likeness (QED) is 0.207. The van der Waals surface area contributed by atoms with Crippen LogP contribution in [0.4, 0.5) is 32.2 Å². The van der Waals surface area contributed by atoms with Gasteiger partial charge in [0.15, 0.2) is 11.5 Å². The van der Waals surface area contributed by atoms with Gasteiger partial charge in [-0.15, -0.1) is 0 Å². The topological polar surface area (TPSA) is 60.9 Å². The number of halogens is 7. The maximum Gasteiger partial charge on any atom is 0.416 e. The van der Waals surface area contributed by atoms with E-state index in [0.29, 0.717) is 47.0 Å². The van der Waals surface area contributed by atoms with E-state index in [0.717, 1.165) is 24.3 Å². The first-order valence-electron chi connectivity index (χ1n) is 12.5. The summed E-state index contributed by atoms with van der Waals surface area (Å²) in [7, 11) is 0. The largest absolute Gasteiger partial charge is 0.416 e. The van der Waals surface area contributed by atoms with E-state index in [4.69, 9.17) is 11.6 Å². The van der Waals surface area contributed by atoms with E-state index < -0.39 is 29.5 Å². The first kappa shape index (κ1) is 28.2. The lowest BCUT2D eigenvalue weighted by atomic mass is 9.92. The Morgan fingerprint density at radius 3 is 1.82 bits per heavy atom. The average molecular weight is 583 g/mol. The number of piperazine rings is 1. The summed E-state index contributed by atoms with van der Waals surface area (Å²) < 4.78 is 79.6. The van der Waals surface area contributed by atoms with Gasteiger partial charge in [0.2, 0.25) is 5.28 Å². The minimum absolute atomic E-state index is 0.0451. The van der Waals surface area contributed by atoms with Gasteiger partial charge in [-0.1, -0.05) is 24.3 Å². The normalized spacial score (nSPS) is 19.1. The average Bonchev–Trinajstić information content (AvgIpc) is 3.25. The van der Waals surface area contributed by atoms with E-state index in [-0.39, 0.29) is 17.4 Å². The Morgan fingerprint density at radius 1 is 0.800 bits per heavy atom. The third kappa shape index (κ3) is 5.46. The van der Waals surface area contributed by atoms with E-state index in [1.807, 2.05) is 13.8 Å². The zero-order valence-electron chi connectivity index (χ0n) is 21.6. The Hall–Kier alpha value is -3.38. The fraction of sp³-hybridized carbons (Fsp3) is 0.370. The molecule has 0 amide bonds. The third-order valence-corrected chi connectivity index (χ3v) is 7.34. The van der Waals surface area contributed by atoms with Crippen LogP contribution in [0.1, 0.15) is 48.0 Å². The van der Waals surface area contributed by atoms with Crippen molar-refractivity contribution in [3.8, 4) is 0 Å². The van der Waals surface area contributed by atoms with Crippen LogP contribution in [0.15, 0.2) is 48.5 Å². The number of benzene rings is 2. The number of H-pyrrole nitrogens is 1. The van der Waals surface area contributed by atoms with Crippen LogP contribution in [0.25, 0.3) is 11.2 Å². The van der Waals surface area contributed by atoms with Crippen LogP contribution in [0, 0.1) is 6.92 Å². The molecule has 6 nitrogen and oxygen atoms in total. The van der Waals surface area contributed by atoms with Crippen molar-refractivity contribution in [1.29, 1.82) is 0 Å². The van der Waals surface area contributed by atoms with Crippen molar-refractivity contribution in [1.82, 2.24) is 24.8 Å². The molecule has 13 heteroatoms. The predicted octanol–water partition coefficient (Wildman–Crippen LogP) is 7.04. The molecule has 3 heterocycles. The Balaban J connectivity index is 1.52. The third-order valence-electron chi connectivity index (χ3n) is 7.17. The number of aryl methyl sites for hydroxylation is 1. The van der Waals surface area contributed by atoms with E-state index in [2.05, 4.69) is 29.7 Å². The summed E-state index contributed by atoms with van der Waals surface area (Å²) in [5.74, 6) is 1.23. The molecule has 5 rings (SSSR count). The molecule has 212 valence electrons. The number of nitrogens with zero attached hydrogens (tertiary/aromatic N) is 5. The highest BCUT2D eigenvalue weighted by Crippen LogP contribution is 2.38. The second-order valence-corrected chi connectivity index (χ2v) is 10.4. The minimum atomic E-state index is -4.51. The van der Waals surface area contributed by atoms with E-state index in [1.165, 1.54) is 24.3 Å². The Morgan fingerprint density at radius 2 is 1.32 bits per heavy atom. The van der Waals surface area contributed by atoms with Crippen LogP contribution in [-0.4, -0.2) is 50.0 Å². The molecule has 1 aliphatic heterocycles. The fourth-order valence-corrected chi connectivity index (χ4v) is 5.43. The molecule has 0 aliphatic carbocycles. The number of aromatic amines is 1. The van der Waals surface area contributed by atoms with E-state index in [9.17, 15) is 26.3 Å². The summed E-state index contributed by atoms with van der Waals surface area (Å²) in [6.07, 6.45) is -9.02. The SMILES string of the molecule is Cc1nc2nc(Cl)nc(N3C[C@@H](C)N(C(c4ccc(C(F)(F)F)cc4)c4ccc(C(F)(F)F)cc4)C[C@@H]3C)c2[nH]1. The van der Waals surface area contributed by atoms with E-state index >= 15 is 0 Å². The number of alkyl halides is 6. The number of anilines is 1. The summed E-state index contributed by atoms with van der Waals surface area (Å²) in [5.41, 5.74) is 0.550. The smallest absolute Gasteiger partial charge is 0.349 e. The zero-order chi connectivity index (χ0) is 29.0. The Labute approximate surface area is 231 Å². The first-order valence-corrected chi connectivity index (χ1v) is 12.9. The lowest BCUT2D eigenvalue weighted by molar-refractivity contribution is -0.138. The van der Waals surface area contributed by atoms with Gasteiger partial charge in [0.1, 0.15) is 11.3 Å². The van der Waals surface area contributed by atoms with Gasteiger partial charge >= 0.3 is 12.4 Å². The number of fused-ring (bicyclic) bond motifs is 1. The summed E-state index contributed by atoms with van der Waals surface area (Å²) in [6.45, 7) is 6.62. The molecule has 0 saturated carbocycles. The van der Waals surface area contributed by atoms with Gasteiger partial charge in [-0.2, -0.15) is 36.3 Å². The molecule has 0 bridgehead atoms. The molecule has 0 radical (unpaired) electrons. The highest BCUT2D eigenvalue weighted by Gasteiger charge is 2.38. The predicted molar refractivity (Wildman–Crippen MR) is 139 cm³/mol. The molecule has 1 N–H and O–H groups in total. The molecule has 2 aromatic heterocycles. The number of hydrogen-bond acceptors (Lipinski definition) is 5. The highest BCUT2D eigenvalue weighted by atomic mass is 35.5. The van der Waals surface area contributed by atoms with Crippen molar-refractivity contribution >= 4 is 28.6 Å². The standard InChI is InChI=1S/C27H25ClF6N6/c1-14-13-40(24-21-23(36-16(3)35-21)37-25(28)38-24)15(2)12-39(14)22(17-4-8-19(9-5-17)26(29,30)31)18-6-10-20(11-7-18)27(32,33)34/h4-11,14-15,22H,12-13H2,1-3H3,(H,35,36,37,38)/t14-,15+/m1/s1. The molecular formula is C27H25ClF6N6. The molecule has 0 spiro atoms. The van der Waals surface area contributed by atoms with Crippen molar-refractivity contribution in [2.24, 2.45) is 0 Å². The summed E-state index contributed by atoms with van der Waals surface area (Å²) >= 11 is 6.19. The molecule has 1 fully saturated rings. The lowest BCUT2D eigenvalue weighted by Gasteiger charge is -2.48. The molecule has 40 heavy (non-hydrogen) atoms. The van der Waals surface area contributed by atoms with Gasteiger partial charge in [-0.25, -0.2) is 4.98 Å². The molecule has 1 saturated heterocycles. The number of nitrogens with one attached hydrogen (secondary N) is 1. The fourth-order valence-electron chi connectivity index (χ4n) is 5.27. The molecule has 0 unspecified atom stereocenters. The van der Waals surface area contributed by atoms with Crippen molar-refractivity contribution < 1.29 is 26.3 Å². The van der Waals surface area contributed by atoms with Crippen molar-refractivity contribution in [3.63, 3.8) is 0 Å². The summed E-state index contributed by atoms with van der Waals surface area (Å²) in [4.78, 5) is 20.3. The van der Waals surface area contributed by atoms with Gasteiger partial charge < -0.3 is 9.88 Å². The van der Waals surface area contributed by atoms with E-state index in [1.54, 1.807) is 6.92 Å². The van der Waals surface area contributed by atoms with Crippen LogP contribution in [0.2, 0.25) is 5.28 Å². The van der Waals surface area contributed by atoms with Crippen LogP contribution < -0.4 is 4.90 Å². The number of imidazole rings is 1. The molecular weight excluding hydrogens is 558 g/mol. The van der Waals surface area contributed by atoms with Crippen LogP contribution >= 0.6 is 11.6 Å². The zero-order valence-corrected chi connectivity index (χ0v) is 22.4. The summed E-state index contributed by atoms with van der Waals surface area (Å²) in [5, 5.41) is 0.0451. The van der Waals surface area contributed by atoms with Crippen molar-refractivity contribution in [3.05, 3.63) is 81.9 Å². The summed E-state index contributed by atoms with van der Waals surface area (Å²) in [6, 6.07) is 8.60. The molecule has 4 aromatic rings. The van der Waals surface area contributed by atoms with Gasteiger partial charge in [-0.05, 0) is 67.8 Å². The minimum Gasteiger partial charge on any atom is -0.349 e. The van der Waals surface area contributed by atoms with Crippen LogP contribution in [0.5, 0.6) is 0 Å². The van der Waals surface area contributed by atoms with Crippen LogP contribution in [-0.2, 0) is 12.4 Å². The highest BCUT2D eigenvalue weighted by molar-refractivity contribution is 6.28. The molecule has 2 atom stereocenters. The van der Waals surface area contributed by atoms with Gasteiger partial charge in [0.25, 0.3) is 0 Å².